The van der Waals surface area contributed by atoms with Crippen LogP contribution in [0.4, 0.5) is 0 Å². The average molecular weight is 1360 g/mol. The number of aryl methyl sites for hydroxylation is 1. The number of carbonyl (C=O) groups is 10. The molecular weight excluding hydrogens is 1260 g/mol. The van der Waals surface area contributed by atoms with Crippen molar-refractivity contribution < 1.29 is 67.3 Å². The van der Waals surface area contributed by atoms with Crippen LogP contribution in [0.1, 0.15) is 117 Å². The van der Waals surface area contributed by atoms with Crippen molar-refractivity contribution in [1.29, 1.82) is 0 Å². The van der Waals surface area contributed by atoms with E-state index < -0.39 is 143 Å². The summed E-state index contributed by atoms with van der Waals surface area (Å²) in [6.45, 7) is 13.8. The Morgan fingerprint density at radius 1 is 0.592 bits per heavy atom. The molecule has 8 rings (SSSR count). The van der Waals surface area contributed by atoms with E-state index in [2.05, 4.69) is 52.8 Å². The molecule has 0 spiro atoms. The summed E-state index contributed by atoms with van der Waals surface area (Å²) in [5.41, 5.74) is -0.163. The van der Waals surface area contributed by atoms with Gasteiger partial charge in [-0.05, 0) is 104 Å². The summed E-state index contributed by atoms with van der Waals surface area (Å²) in [5.74, 6) is -7.26. The quantitative estimate of drug-likeness (QED) is 0.0722. The number of nitrogens with one attached hydrogen (secondary N) is 8. The number of esters is 1. The molecule has 12 unspecified atom stereocenters. The molecule has 3 aliphatic rings. The first-order valence-corrected chi connectivity index (χ1v) is 33.7. The molecule has 0 saturated carbocycles. The maximum atomic E-state index is 15.3. The number of carbonyl (C=O) groups excluding carboxylic acids is 9. The molecule has 2 fully saturated rings. The van der Waals surface area contributed by atoms with Gasteiger partial charge in [0.1, 0.15) is 54.0 Å². The van der Waals surface area contributed by atoms with Crippen molar-refractivity contribution in [3.05, 3.63) is 108 Å². The minimum atomic E-state index is -1.43. The van der Waals surface area contributed by atoms with Crippen molar-refractivity contribution in [1.82, 2.24) is 67.3 Å². The summed E-state index contributed by atoms with van der Waals surface area (Å²) in [6.07, 6.45) is 0.562. The first kappa shape index (κ1) is 74.9. The molecule has 2 saturated heterocycles. The number of aliphatic carboxylic acids is 1. The second-order valence-corrected chi connectivity index (χ2v) is 27.9. The molecule has 3 aliphatic heterocycles. The highest BCUT2D eigenvalue weighted by Gasteiger charge is 2.50. The molecule has 2 bridgehead atoms. The number of methoxy groups -OCH3 is 1. The van der Waals surface area contributed by atoms with Crippen molar-refractivity contribution in [2.24, 2.45) is 10.8 Å². The van der Waals surface area contributed by atoms with Gasteiger partial charge in [-0.15, -0.1) is 5.10 Å². The Morgan fingerprint density at radius 3 is 1.52 bits per heavy atom. The summed E-state index contributed by atoms with van der Waals surface area (Å²) < 4.78 is 19.7. The number of ether oxygens (including phenoxy) is 3. The second kappa shape index (κ2) is 33.6. The lowest BCUT2D eigenvalue weighted by atomic mass is 9.85. The highest BCUT2D eigenvalue weighted by atomic mass is 16.5. The van der Waals surface area contributed by atoms with Gasteiger partial charge < -0.3 is 71.7 Å². The molecule has 9 N–H and O–H groups in total. The zero-order valence-corrected chi connectivity index (χ0v) is 58.0. The zero-order valence-electron chi connectivity index (χ0n) is 58.0. The number of carboxylic acids is 1. The zero-order chi connectivity index (χ0) is 71.2. The van der Waals surface area contributed by atoms with E-state index in [-0.39, 0.29) is 83.5 Å². The lowest BCUT2D eigenvalue weighted by molar-refractivity contribution is -0.147. The van der Waals surface area contributed by atoms with Gasteiger partial charge in [-0.25, -0.2) is 9.59 Å². The molecule has 4 aromatic carbocycles. The van der Waals surface area contributed by atoms with Crippen LogP contribution in [-0.2, 0) is 88.1 Å². The molecule has 8 amide bonds. The smallest absolute Gasteiger partial charge is 0.328 e. The van der Waals surface area contributed by atoms with Gasteiger partial charge in [0.25, 0.3) is 0 Å². The van der Waals surface area contributed by atoms with Crippen LogP contribution >= 0.6 is 0 Å². The third-order valence-corrected chi connectivity index (χ3v) is 18.6. The summed E-state index contributed by atoms with van der Waals surface area (Å²) in [7, 11) is 4.40. The van der Waals surface area contributed by atoms with Gasteiger partial charge in [0.2, 0.25) is 47.3 Å². The molecule has 0 radical (unpaired) electrons. The van der Waals surface area contributed by atoms with Gasteiger partial charge in [0.05, 0.1) is 44.2 Å². The number of amides is 8. The summed E-state index contributed by atoms with van der Waals surface area (Å²) in [5, 5.41) is 45.8. The molecule has 0 aliphatic carbocycles. The van der Waals surface area contributed by atoms with Gasteiger partial charge in [-0.1, -0.05) is 145 Å². The Bertz CT molecular complexity index is 3680. The van der Waals surface area contributed by atoms with Crippen LogP contribution in [0.25, 0.3) is 21.5 Å². The molecule has 4 heterocycles. The first-order valence-electron chi connectivity index (χ1n) is 33.7. The molecule has 5 aromatic rings. The molecule has 530 valence electrons. The summed E-state index contributed by atoms with van der Waals surface area (Å²) in [6, 6.07) is 14.6. The number of fused-ring (bicyclic) bond motifs is 6. The lowest BCUT2D eigenvalue weighted by Crippen LogP contribution is -2.62. The maximum absolute atomic E-state index is 15.3. The minimum absolute atomic E-state index is 0.00555. The third-order valence-electron chi connectivity index (χ3n) is 18.6. The Balaban J connectivity index is 1.14. The van der Waals surface area contributed by atoms with Gasteiger partial charge in [0.15, 0.2) is 0 Å². The highest BCUT2D eigenvalue weighted by Crippen LogP contribution is 2.31. The lowest BCUT2D eigenvalue weighted by Gasteiger charge is -2.37. The number of carboxylic acid groups (broad SMARTS) is 1. The van der Waals surface area contributed by atoms with Gasteiger partial charge in [-0.3, -0.25) is 43.0 Å². The third kappa shape index (κ3) is 19.3. The van der Waals surface area contributed by atoms with E-state index in [4.69, 9.17) is 14.2 Å². The molecule has 12 atom stereocenters. The fourth-order valence-electron chi connectivity index (χ4n) is 12.6. The first-order chi connectivity index (χ1) is 46.6. The van der Waals surface area contributed by atoms with Crippen LogP contribution in [0.15, 0.2) is 91.1 Å². The second-order valence-electron chi connectivity index (χ2n) is 27.9. The highest BCUT2D eigenvalue weighted by molar-refractivity contribution is 5.98. The van der Waals surface area contributed by atoms with Crippen LogP contribution in [0.5, 0.6) is 0 Å². The van der Waals surface area contributed by atoms with E-state index in [1.54, 1.807) is 75.7 Å². The van der Waals surface area contributed by atoms with Crippen molar-refractivity contribution in [2.75, 3.05) is 40.9 Å². The Morgan fingerprint density at radius 2 is 1.06 bits per heavy atom. The predicted molar refractivity (Wildman–Crippen MR) is 364 cm³/mol. The standard InChI is InChI=1S/C71H97N13O14/c1-41(72-9)60(85)78-58(70(3,4)5)66(91)83-32-29-54-56(83)64(89)77-53(38-44-25-27-46-20-15-17-22-48(46)36-44)63(88)75-51(69(95)96-11)28-31-82-39-49(80-81-82)40-98-55-30-33-84(67(92)59(71(6,7)8)79-61(86)42(2)73-10)57(55)65(90)76-52(37-43-24-26-45-19-14-16-21-47(45)35-43)62(87)74-50(68(93)94)23-13-12-18-34-97-54/h14-17,19-22,24-27,35-36,39,41-42,50-59,72-73H,12-13,18,23,28-34,37-38,40H2,1-11H3,(H,74,87)(H,75,88)(H,76,90)(H,77,89)(H,78,85)(H,79,86)(H,93,94). The number of hydrogen-bond donors (Lipinski definition) is 9. The fourth-order valence-corrected chi connectivity index (χ4v) is 12.6. The number of likely N-dealkylation sites (tertiary alicyclic amines) is 2. The normalized spacial score (nSPS) is 23.5. The van der Waals surface area contributed by atoms with Crippen molar-refractivity contribution in [3.63, 3.8) is 0 Å². The fraction of sp³-hybridized carbons (Fsp3) is 0.549. The van der Waals surface area contributed by atoms with E-state index in [0.29, 0.717) is 24.0 Å². The predicted octanol–water partition coefficient (Wildman–Crippen LogP) is 2.98. The number of rotatable bonds is 14. The Kier molecular flexibility index (Phi) is 25.6. The molecule has 27 nitrogen and oxygen atoms in total. The Labute approximate surface area is 571 Å². The number of hydrogen-bond acceptors (Lipinski definition) is 17. The molecular formula is C71H97N13O14. The maximum Gasteiger partial charge on any atom is 0.328 e. The number of aromatic nitrogens is 3. The SMILES string of the molecule is CNC(C)C(=O)NC(C(=O)N1CCC2OCc3cn(nn3)CCC(C(=O)OC)NC(=O)C(Cc3ccc4ccccc4c3)NC(=O)C3C(CCN3C(=O)C(NC(=O)C(C)NC)C(C)(C)C)OCCCCCC(C(=O)O)NC(=O)C(Cc3ccc4ccccc4c3)NC(=O)C21)C(C)(C)C. The van der Waals surface area contributed by atoms with Crippen LogP contribution in [0.3, 0.4) is 0 Å². The monoisotopic (exact) mass is 1360 g/mol. The largest absolute Gasteiger partial charge is 0.480 e. The van der Waals surface area contributed by atoms with Crippen LogP contribution < -0.4 is 42.5 Å². The van der Waals surface area contributed by atoms with Crippen LogP contribution in [0.2, 0.25) is 0 Å². The van der Waals surface area contributed by atoms with Crippen LogP contribution in [0, 0.1) is 10.8 Å². The molecule has 98 heavy (non-hydrogen) atoms. The minimum Gasteiger partial charge on any atom is -0.480 e. The topological polar surface area (TPSA) is 352 Å². The molecule has 27 heteroatoms. The molecule has 1 aromatic heterocycles. The summed E-state index contributed by atoms with van der Waals surface area (Å²) >= 11 is 0. The van der Waals surface area contributed by atoms with Crippen LogP contribution in [-0.4, -0.2) is 203 Å². The van der Waals surface area contributed by atoms with Gasteiger partial charge >= 0.3 is 11.9 Å². The van der Waals surface area contributed by atoms with Crippen molar-refractivity contribution in [3.8, 4) is 0 Å². The van der Waals surface area contributed by atoms with Gasteiger partial charge in [-0.2, -0.15) is 0 Å². The van der Waals surface area contributed by atoms with E-state index in [0.717, 1.165) is 21.5 Å². The van der Waals surface area contributed by atoms with E-state index in [1.165, 1.54) is 21.6 Å². The van der Waals surface area contributed by atoms with E-state index >= 15 is 19.2 Å². The van der Waals surface area contributed by atoms with Gasteiger partial charge in [0, 0.05) is 39.1 Å². The Hall–Kier alpha value is -8.92. The number of benzene rings is 4. The number of likely N-dealkylation sites (N-methyl/N-ethyl adjacent to an activating group) is 2. The van der Waals surface area contributed by atoms with E-state index in [9.17, 15) is 33.9 Å². The van der Waals surface area contributed by atoms with Crippen molar-refractivity contribution >= 4 is 80.7 Å². The van der Waals surface area contributed by atoms with E-state index in [1.807, 2.05) is 84.9 Å². The number of nitrogens with zero attached hydrogens (tertiary/aromatic N) is 5. The van der Waals surface area contributed by atoms with Crippen molar-refractivity contribution in [2.45, 2.75) is 199 Å². The summed E-state index contributed by atoms with van der Waals surface area (Å²) in [4.78, 5) is 147. The average Bonchev–Trinajstić information content (AvgIpc) is 1.58.